The maximum atomic E-state index is 12.1. The van der Waals surface area contributed by atoms with Crippen molar-refractivity contribution in [2.75, 3.05) is 19.6 Å². The number of rotatable bonds is 4. The van der Waals surface area contributed by atoms with E-state index in [0.717, 1.165) is 38.0 Å². The topological polar surface area (TPSA) is 32.3 Å². The third kappa shape index (κ3) is 3.95. The van der Waals surface area contributed by atoms with E-state index in [1.165, 1.54) is 0 Å². The molecule has 1 heterocycles. The first-order chi connectivity index (χ1) is 9.22. The molecule has 0 radical (unpaired) electrons. The second kappa shape index (κ2) is 6.92. The molecule has 0 bridgehead atoms. The van der Waals surface area contributed by atoms with Gasteiger partial charge in [0.2, 0.25) is 0 Å². The first-order valence-electron chi connectivity index (χ1n) is 6.91. The fourth-order valence-electron chi connectivity index (χ4n) is 2.41. The first kappa shape index (κ1) is 14.4. The van der Waals surface area contributed by atoms with E-state index in [2.05, 4.69) is 17.1 Å². The van der Waals surface area contributed by atoms with Crippen LogP contribution >= 0.6 is 11.6 Å². The molecule has 19 heavy (non-hydrogen) atoms. The zero-order valence-electron chi connectivity index (χ0n) is 11.4. The molecule has 0 aromatic heterocycles. The van der Waals surface area contributed by atoms with Gasteiger partial charge in [-0.2, -0.15) is 0 Å². The molecule has 0 spiro atoms. The molecule has 1 aromatic carbocycles. The van der Waals surface area contributed by atoms with E-state index < -0.39 is 0 Å². The molecule has 1 aliphatic rings. The minimum atomic E-state index is 0.0241. The number of alkyl halides is 1. The first-order valence-corrected chi connectivity index (χ1v) is 7.44. The normalized spacial score (nSPS) is 17.4. The third-order valence-corrected chi connectivity index (χ3v) is 4.05. The lowest BCUT2D eigenvalue weighted by atomic mass is 10.0. The number of amides is 1. The summed E-state index contributed by atoms with van der Waals surface area (Å²) in [6.07, 6.45) is 2.08. The van der Waals surface area contributed by atoms with E-state index in [-0.39, 0.29) is 5.91 Å². The van der Waals surface area contributed by atoms with Gasteiger partial charge in [0.1, 0.15) is 0 Å². The van der Waals surface area contributed by atoms with E-state index in [9.17, 15) is 4.79 Å². The number of likely N-dealkylation sites (tertiary alicyclic amines) is 1. The van der Waals surface area contributed by atoms with Crippen molar-refractivity contribution >= 4 is 17.5 Å². The van der Waals surface area contributed by atoms with E-state index in [4.69, 9.17) is 11.6 Å². The van der Waals surface area contributed by atoms with Gasteiger partial charge in [0, 0.05) is 30.6 Å². The summed E-state index contributed by atoms with van der Waals surface area (Å²) < 4.78 is 0. The highest BCUT2D eigenvalue weighted by Crippen LogP contribution is 2.12. The van der Waals surface area contributed by atoms with Gasteiger partial charge in [-0.1, -0.05) is 19.1 Å². The molecular weight excluding hydrogens is 260 g/mol. The zero-order chi connectivity index (χ0) is 13.7. The van der Waals surface area contributed by atoms with Crippen LogP contribution in [0.2, 0.25) is 0 Å². The van der Waals surface area contributed by atoms with Crippen LogP contribution in [0, 0.1) is 0 Å². The van der Waals surface area contributed by atoms with Crippen LogP contribution in [0.3, 0.4) is 0 Å². The maximum absolute atomic E-state index is 12.1. The smallest absolute Gasteiger partial charge is 0.251 e. The van der Waals surface area contributed by atoms with Gasteiger partial charge in [0.15, 0.2) is 0 Å². The molecule has 1 N–H and O–H groups in total. The van der Waals surface area contributed by atoms with Gasteiger partial charge >= 0.3 is 0 Å². The number of nitrogens with zero attached hydrogens (tertiary/aromatic N) is 1. The van der Waals surface area contributed by atoms with Gasteiger partial charge in [-0.15, -0.1) is 11.6 Å². The van der Waals surface area contributed by atoms with E-state index >= 15 is 0 Å². The lowest BCUT2D eigenvalue weighted by molar-refractivity contribution is 0.0912. The van der Waals surface area contributed by atoms with Gasteiger partial charge < -0.3 is 10.2 Å². The van der Waals surface area contributed by atoms with Gasteiger partial charge in [-0.05, 0) is 37.1 Å². The van der Waals surface area contributed by atoms with Gasteiger partial charge in [-0.25, -0.2) is 0 Å². The predicted molar refractivity (Wildman–Crippen MR) is 78.6 cm³/mol. The van der Waals surface area contributed by atoms with Crippen molar-refractivity contribution in [1.82, 2.24) is 10.2 Å². The van der Waals surface area contributed by atoms with E-state index in [1.54, 1.807) is 0 Å². The maximum Gasteiger partial charge on any atom is 0.251 e. The average molecular weight is 281 g/mol. The van der Waals surface area contributed by atoms with E-state index in [1.807, 2.05) is 24.3 Å². The average Bonchev–Trinajstić information content (AvgIpc) is 2.48. The predicted octanol–water partition coefficient (Wildman–Crippen LogP) is 2.64. The Kier molecular flexibility index (Phi) is 5.23. The van der Waals surface area contributed by atoms with Crippen molar-refractivity contribution in [2.45, 2.75) is 31.7 Å². The third-order valence-electron chi connectivity index (χ3n) is 3.74. The van der Waals surface area contributed by atoms with Crippen LogP contribution in [0.1, 0.15) is 35.7 Å². The van der Waals surface area contributed by atoms with Crippen LogP contribution in [-0.4, -0.2) is 36.5 Å². The Morgan fingerprint density at radius 1 is 1.32 bits per heavy atom. The van der Waals surface area contributed by atoms with Crippen molar-refractivity contribution in [1.29, 1.82) is 0 Å². The van der Waals surface area contributed by atoms with E-state index in [0.29, 0.717) is 17.5 Å². The number of benzene rings is 1. The highest BCUT2D eigenvalue weighted by atomic mass is 35.5. The molecule has 104 valence electrons. The summed E-state index contributed by atoms with van der Waals surface area (Å²) in [5.41, 5.74) is 1.75. The molecule has 0 aliphatic carbocycles. The minimum Gasteiger partial charge on any atom is -0.349 e. The summed E-state index contributed by atoms with van der Waals surface area (Å²) in [6.45, 7) is 5.43. The highest BCUT2D eigenvalue weighted by molar-refractivity contribution is 6.17. The summed E-state index contributed by atoms with van der Waals surface area (Å²) in [7, 11) is 0. The number of piperidine rings is 1. The molecule has 0 atom stereocenters. The lowest BCUT2D eigenvalue weighted by Crippen LogP contribution is -2.44. The number of carbonyl (C=O) groups is 1. The van der Waals surface area contributed by atoms with Crippen LogP contribution in [0.4, 0.5) is 0 Å². The highest BCUT2D eigenvalue weighted by Gasteiger charge is 2.19. The molecule has 0 saturated carbocycles. The Labute approximate surface area is 119 Å². The Balaban J connectivity index is 1.87. The van der Waals surface area contributed by atoms with Crippen molar-refractivity contribution < 1.29 is 4.79 Å². The monoisotopic (exact) mass is 280 g/mol. The van der Waals surface area contributed by atoms with Crippen molar-refractivity contribution in [3.05, 3.63) is 35.4 Å². The van der Waals surface area contributed by atoms with Crippen LogP contribution < -0.4 is 5.32 Å². The minimum absolute atomic E-state index is 0.0241. The number of halogens is 1. The summed E-state index contributed by atoms with van der Waals surface area (Å²) in [4.78, 5) is 14.5. The quantitative estimate of drug-likeness (QED) is 0.860. The van der Waals surface area contributed by atoms with Crippen LogP contribution in [0.15, 0.2) is 24.3 Å². The molecular formula is C15H21ClN2O. The Morgan fingerprint density at radius 2 is 1.95 bits per heavy atom. The van der Waals surface area contributed by atoms with Crippen LogP contribution in [0.5, 0.6) is 0 Å². The molecule has 3 nitrogen and oxygen atoms in total. The second-order valence-corrected chi connectivity index (χ2v) is 5.28. The Bertz CT molecular complexity index is 411. The second-order valence-electron chi connectivity index (χ2n) is 5.01. The fraction of sp³-hybridized carbons (Fsp3) is 0.533. The SMILES string of the molecule is CCN1CCC(NC(=O)c2ccc(CCl)cc2)CC1. The summed E-state index contributed by atoms with van der Waals surface area (Å²) in [5.74, 6) is 0.508. The number of nitrogens with one attached hydrogen (secondary N) is 1. The molecule has 4 heteroatoms. The van der Waals surface area contributed by atoms with Crippen LogP contribution in [0.25, 0.3) is 0 Å². The Hall–Kier alpha value is -1.06. The van der Waals surface area contributed by atoms with Gasteiger partial charge in [0.25, 0.3) is 5.91 Å². The molecule has 1 amide bonds. The van der Waals surface area contributed by atoms with Gasteiger partial charge in [-0.3, -0.25) is 4.79 Å². The van der Waals surface area contributed by atoms with Crippen molar-refractivity contribution in [2.24, 2.45) is 0 Å². The lowest BCUT2D eigenvalue weighted by Gasteiger charge is -2.31. The standard InChI is InChI=1S/C15H21ClN2O/c1-2-18-9-7-14(8-10-18)17-15(19)13-5-3-12(11-16)4-6-13/h3-6,14H,2,7-11H2,1H3,(H,17,19). The number of hydrogen-bond donors (Lipinski definition) is 1. The zero-order valence-corrected chi connectivity index (χ0v) is 12.1. The number of carbonyl (C=O) groups excluding carboxylic acids is 1. The summed E-state index contributed by atoms with van der Waals surface area (Å²) in [6, 6.07) is 7.80. The Morgan fingerprint density at radius 3 is 2.47 bits per heavy atom. The van der Waals surface area contributed by atoms with Gasteiger partial charge in [0.05, 0.1) is 0 Å². The fourth-order valence-corrected chi connectivity index (χ4v) is 2.59. The molecule has 0 unspecified atom stereocenters. The summed E-state index contributed by atoms with van der Waals surface area (Å²) in [5, 5.41) is 3.12. The largest absolute Gasteiger partial charge is 0.349 e. The molecule has 1 aliphatic heterocycles. The summed E-state index contributed by atoms with van der Waals surface area (Å²) >= 11 is 5.74. The van der Waals surface area contributed by atoms with Crippen LogP contribution in [-0.2, 0) is 5.88 Å². The van der Waals surface area contributed by atoms with Crippen molar-refractivity contribution in [3.8, 4) is 0 Å². The molecule has 2 rings (SSSR count). The molecule has 1 fully saturated rings. The molecule has 1 saturated heterocycles. The molecule has 1 aromatic rings. The van der Waals surface area contributed by atoms with Crippen molar-refractivity contribution in [3.63, 3.8) is 0 Å². The number of hydrogen-bond acceptors (Lipinski definition) is 2.